The Bertz CT molecular complexity index is 462. The zero-order chi connectivity index (χ0) is 13.3. The van der Waals surface area contributed by atoms with Crippen LogP contribution in [-0.2, 0) is 18.3 Å². The van der Waals surface area contributed by atoms with Crippen molar-refractivity contribution in [2.45, 2.75) is 45.4 Å². The van der Waals surface area contributed by atoms with Crippen LogP contribution in [0.3, 0.4) is 0 Å². The second-order valence-corrected chi connectivity index (χ2v) is 5.66. The third-order valence-electron chi connectivity index (χ3n) is 4.05. The van der Waals surface area contributed by atoms with E-state index in [1.807, 2.05) is 6.92 Å². The van der Waals surface area contributed by atoms with Crippen LogP contribution in [0.2, 0.25) is 5.15 Å². The Kier molecular flexibility index (Phi) is 3.66. The van der Waals surface area contributed by atoms with Gasteiger partial charge in [0.1, 0.15) is 5.15 Å². The maximum absolute atomic E-state index is 11.6. The van der Waals surface area contributed by atoms with Crippen LogP contribution in [0.15, 0.2) is 0 Å². The fraction of sp³-hybridized carbons (Fsp3) is 0.692. The maximum Gasteiger partial charge on any atom is 0.309 e. The van der Waals surface area contributed by atoms with E-state index in [0.29, 0.717) is 11.6 Å². The molecule has 4 nitrogen and oxygen atoms in total. The first-order valence-corrected chi connectivity index (χ1v) is 6.75. The largest absolute Gasteiger partial charge is 0.481 e. The monoisotopic (exact) mass is 270 g/mol. The topological polar surface area (TPSA) is 55.1 Å². The number of carbonyl (C=O) groups is 1. The number of aliphatic carboxylic acids is 1. The Morgan fingerprint density at radius 1 is 1.44 bits per heavy atom. The lowest BCUT2D eigenvalue weighted by Crippen LogP contribution is -2.35. The predicted molar refractivity (Wildman–Crippen MR) is 69.8 cm³/mol. The number of carboxylic acid groups (broad SMARTS) is 1. The Hall–Kier alpha value is -1.03. The van der Waals surface area contributed by atoms with Crippen molar-refractivity contribution in [1.29, 1.82) is 0 Å². The van der Waals surface area contributed by atoms with E-state index < -0.39 is 11.4 Å². The SMILES string of the molecule is Cc1nn(C)c(Cl)c1CC1(C(=O)O)CCCCC1. The molecule has 1 aliphatic carbocycles. The Morgan fingerprint density at radius 3 is 2.50 bits per heavy atom. The highest BCUT2D eigenvalue weighted by molar-refractivity contribution is 6.30. The molecule has 0 aromatic carbocycles. The minimum atomic E-state index is -0.693. The lowest BCUT2D eigenvalue weighted by atomic mass is 9.70. The summed E-state index contributed by atoms with van der Waals surface area (Å²) in [4.78, 5) is 11.6. The summed E-state index contributed by atoms with van der Waals surface area (Å²) in [5.41, 5.74) is 1.09. The summed E-state index contributed by atoms with van der Waals surface area (Å²) in [5.74, 6) is -0.693. The molecule has 0 saturated heterocycles. The first-order chi connectivity index (χ1) is 8.46. The molecule has 1 aromatic rings. The van der Waals surface area contributed by atoms with E-state index in [-0.39, 0.29) is 0 Å². The van der Waals surface area contributed by atoms with E-state index >= 15 is 0 Å². The number of rotatable bonds is 3. The highest BCUT2D eigenvalue weighted by Gasteiger charge is 2.40. The van der Waals surface area contributed by atoms with Crippen LogP contribution in [-0.4, -0.2) is 20.9 Å². The minimum absolute atomic E-state index is 0.501. The van der Waals surface area contributed by atoms with Gasteiger partial charge in [-0.15, -0.1) is 0 Å². The van der Waals surface area contributed by atoms with Gasteiger partial charge in [-0.25, -0.2) is 0 Å². The summed E-state index contributed by atoms with van der Waals surface area (Å²) in [7, 11) is 1.78. The first-order valence-electron chi connectivity index (χ1n) is 6.38. The molecular formula is C13H19ClN2O2. The molecule has 0 atom stereocenters. The number of halogens is 1. The van der Waals surface area contributed by atoms with E-state index in [2.05, 4.69) is 5.10 Å². The summed E-state index contributed by atoms with van der Waals surface area (Å²) in [6.07, 6.45) is 5.10. The second kappa shape index (κ2) is 4.92. The van der Waals surface area contributed by atoms with Crippen LogP contribution >= 0.6 is 11.6 Å². The van der Waals surface area contributed by atoms with E-state index in [0.717, 1.165) is 43.4 Å². The molecule has 5 heteroatoms. The maximum atomic E-state index is 11.6. The molecular weight excluding hydrogens is 252 g/mol. The van der Waals surface area contributed by atoms with E-state index in [1.165, 1.54) is 0 Å². The number of aryl methyl sites for hydroxylation is 2. The molecule has 0 radical (unpaired) electrons. The molecule has 1 fully saturated rings. The average Bonchev–Trinajstić information content (AvgIpc) is 2.57. The fourth-order valence-electron chi connectivity index (χ4n) is 2.91. The smallest absolute Gasteiger partial charge is 0.309 e. The molecule has 100 valence electrons. The van der Waals surface area contributed by atoms with E-state index in [9.17, 15) is 9.90 Å². The summed E-state index contributed by atoms with van der Waals surface area (Å²) in [5, 5.41) is 14.4. The standard InChI is InChI=1S/C13H19ClN2O2/c1-9-10(11(14)16(2)15-9)8-13(12(17)18)6-4-3-5-7-13/h3-8H2,1-2H3,(H,17,18). The zero-order valence-corrected chi connectivity index (χ0v) is 11.6. The van der Waals surface area contributed by atoms with Crippen LogP contribution in [0.4, 0.5) is 0 Å². The van der Waals surface area contributed by atoms with Gasteiger partial charge in [-0.2, -0.15) is 5.10 Å². The van der Waals surface area contributed by atoms with E-state index in [1.54, 1.807) is 11.7 Å². The third-order valence-corrected chi connectivity index (χ3v) is 4.52. The molecule has 0 spiro atoms. The summed E-state index contributed by atoms with van der Waals surface area (Å²) >= 11 is 6.21. The molecule has 0 unspecified atom stereocenters. The van der Waals surface area contributed by atoms with Gasteiger partial charge in [0.2, 0.25) is 0 Å². The lowest BCUT2D eigenvalue weighted by molar-refractivity contribution is -0.151. The Morgan fingerprint density at radius 2 is 2.06 bits per heavy atom. The van der Waals surface area contributed by atoms with Gasteiger partial charge in [0.25, 0.3) is 0 Å². The lowest BCUT2D eigenvalue weighted by Gasteiger charge is -2.33. The molecule has 18 heavy (non-hydrogen) atoms. The van der Waals surface area contributed by atoms with Gasteiger partial charge in [-0.3, -0.25) is 9.48 Å². The minimum Gasteiger partial charge on any atom is -0.481 e. The summed E-state index contributed by atoms with van der Waals surface area (Å²) in [6, 6.07) is 0. The molecule has 1 saturated carbocycles. The van der Waals surface area contributed by atoms with Crippen molar-refractivity contribution in [3.63, 3.8) is 0 Å². The van der Waals surface area contributed by atoms with Crippen molar-refractivity contribution in [3.8, 4) is 0 Å². The Balaban J connectivity index is 2.31. The molecule has 1 heterocycles. The summed E-state index contributed by atoms with van der Waals surface area (Å²) < 4.78 is 1.62. The Labute approximate surface area is 112 Å². The number of aromatic nitrogens is 2. The highest BCUT2D eigenvalue weighted by Crippen LogP contribution is 2.41. The predicted octanol–water partition coefficient (Wildman–Crippen LogP) is 2.96. The van der Waals surface area contributed by atoms with Gasteiger partial charge < -0.3 is 5.11 Å². The summed E-state index contributed by atoms with van der Waals surface area (Å²) in [6.45, 7) is 1.89. The second-order valence-electron chi connectivity index (χ2n) is 5.30. The molecule has 0 amide bonds. The van der Waals surface area contributed by atoms with Crippen molar-refractivity contribution >= 4 is 17.6 Å². The molecule has 1 aromatic heterocycles. The molecule has 1 N–H and O–H groups in total. The molecule has 2 rings (SSSR count). The fourth-order valence-corrected chi connectivity index (χ4v) is 3.15. The van der Waals surface area contributed by atoms with Gasteiger partial charge in [-0.1, -0.05) is 30.9 Å². The number of nitrogens with zero attached hydrogens (tertiary/aromatic N) is 2. The third kappa shape index (κ3) is 2.26. The van der Waals surface area contributed by atoms with Gasteiger partial charge in [-0.05, 0) is 26.2 Å². The van der Waals surface area contributed by atoms with Gasteiger partial charge >= 0.3 is 5.97 Å². The molecule has 0 aliphatic heterocycles. The van der Waals surface area contributed by atoms with Crippen LogP contribution < -0.4 is 0 Å². The highest BCUT2D eigenvalue weighted by atomic mass is 35.5. The number of carboxylic acids is 1. The van der Waals surface area contributed by atoms with Crippen molar-refractivity contribution < 1.29 is 9.90 Å². The van der Waals surface area contributed by atoms with Crippen molar-refractivity contribution in [2.24, 2.45) is 12.5 Å². The number of hydrogen-bond acceptors (Lipinski definition) is 2. The van der Waals surface area contributed by atoms with Crippen molar-refractivity contribution in [2.75, 3.05) is 0 Å². The van der Waals surface area contributed by atoms with Gasteiger partial charge in [0, 0.05) is 12.6 Å². The van der Waals surface area contributed by atoms with E-state index in [4.69, 9.17) is 11.6 Å². The normalized spacial score (nSPS) is 18.8. The van der Waals surface area contributed by atoms with Crippen LogP contribution in [0, 0.1) is 12.3 Å². The number of hydrogen-bond donors (Lipinski definition) is 1. The zero-order valence-electron chi connectivity index (χ0n) is 10.9. The van der Waals surface area contributed by atoms with Crippen molar-refractivity contribution in [3.05, 3.63) is 16.4 Å². The first kappa shape index (κ1) is 13.4. The van der Waals surface area contributed by atoms with Crippen LogP contribution in [0.1, 0.15) is 43.4 Å². The van der Waals surface area contributed by atoms with Gasteiger partial charge in [0.15, 0.2) is 0 Å². The molecule has 0 bridgehead atoms. The van der Waals surface area contributed by atoms with Crippen molar-refractivity contribution in [1.82, 2.24) is 9.78 Å². The van der Waals surface area contributed by atoms with Gasteiger partial charge in [0.05, 0.1) is 11.1 Å². The molecule has 1 aliphatic rings. The van der Waals surface area contributed by atoms with Crippen LogP contribution in [0.25, 0.3) is 0 Å². The van der Waals surface area contributed by atoms with Crippen LogP contribution in [0.5, 0.6) is 0 Å². The quantitative estimate of drug-likeness (QED) is 0.919. The average molecular weight is 271 g/mol.